The first kappa shape index (κ1) is 27.4. The lowest BCUT2D eigenvalue weighted by Gasteiger charge is -2.29. The largest absolute Gasteiger partial charge is 0.495 e. The molecule has 4 aromatic carbocycles. The molecule has 0 spiro atoms. The average Bonchev–Trinajstić information content (AvgIpc) is 3.52. The second kappa shape index (κ2) is 12.4. The monoisotopic (exact) mass is 578 g/mol. The Morgan fingerprint density at radius 2 is 1.34 bits per heavy atom. The Hall–Kier alpha value is -5.45. The average molecular weight is 579 g/mol. The number of piperidine rings is 1. The second-order valence-corrected chi connectivity index (χ2v) is 11.1. The van der Waals surface area contributed by atoms with E-state index < -0.39 is 0 Å². The molecule has 0 atom stereocenters. The van der Waals surface area contributed by atoms with E-state index in [9.17, 15) is 0 Å². The maximum atomic E-state index is 6.52. The van der Waals surface area contributed by atoms with Gasteiger partial charge in [0, 0.05) is 42.7 Å². The van der Waals surface area contributed by atoms with Gasteiger partial charge in [-0.15, -0.1) is 0 Å². The Labute approximate surface area is 258 Å². The molecule has 0 unspecified atom stereocenters. The Bertz CT molecular complexity index is 1900. The Balaban J connectivity index is 1.16. The molecular weight excluding hydrogens is 544 g/mol. The van der Waals surface area contributed by atoms with Crippen LogP contribution in [0.5, 0.6) is 23.0 Å². The minimum absolute atomic E-state index is 0.761. The summed E-state index contributed by atoms with van der Waals surface area (Å²) in [6.07, 6.45) is 9.57. The minimum Gasteiger partial charge on any atom is -0.457 e. The molecule has 0 bridgehead atoms. The van der Waals surface area contributed by atoms with E-state index in [4.69, 9.17) is 14.5 Å². The van der Waals surface area contributed by atoms with E-state index >= 15 is 0 Å². The molecule has 1 fully saturated rings. The highest BCUT2D eigenvalue weighted by Gasteiger charge is 2.21. The molecule has 6 nitrogen and oxygen atoms in total. The molecule has 0 N–H and O–H groups in total. The SMILES string of the molecule is C[N+]1=C=[N+](c2cc(Oc3cccc(-c4cc(-c5cccc(Oc6ccccc6)c5)ccn4)c3)cc(N3CCCCC3)c2)C=C1. The van der Waals surface area contributed by atoms with Crippen LogP contribution in [0.25, 0.3) is 22.4 Å². The van der Waals surface area contributed by atoms with Crippen molar-refractivity contribution in [3.63, 3.8) is 0 Å². The number of nitrogens with zero attached hydrogens (tertiary/aromatic N) is 4. The van der Waals surface area contributed by atoms with Crippen LogP contribution in [0.2, 0.25) is 0 Å². The fourth-order valence-electron chi connectivity index (χ4n) is 5.63. The molecule has 7 rings (SSSR count). The minimum atomic E-state index is 0.761. The van der Waals surface area contributed by atoms with E-state index in [0.29, 0.717) is 0 Å². The number of hydrogen-bond donors (Lipinski definition) is 0. The van der Waals surface area contributed by atoms with E-state index in [1.807, 2.05) is 95.5 Å². The Morgan fingerprint density at radius 3 is 2.11 bits per heavy atom. The van der Waals surface area contributed by atoms with Gasteiger partial charge < -0.3 is 14.4 Å². The van der Waals surface area contributed by atoms with Gasteiger partial charge in [-0.1, -0.05) is 51.6 Å². The van der Waals surface area contributed by atoms with E-state index in [1.54, 1.807) is 0 Å². The van der Waals surface area contributed by atoms with Crippen LogP contribution in [-0.4, -0.2) is 40.3 Å². The standard InChI is InChI=1S/C38H34N4O2/c1-40-20-21-42(28-40)33-25-32(41-18-6-3-7-19-41)26-37(27-33)44-36-15-9-11-31(23-36)38-24-30(16-17-39-38)29-10-8-14-35(22-29)43-34-12-4-2-5-13-34/h2,4-5,8-17,20-27H,3,6-7,18-19H2,1H3/q+2. The highest BCUT2D eigenvalue weighted by molar-refractivity contribution is 5.72. The number of aromatic nitrogens is 1. The van der Waals surface area contributed by atoms with Crippen LogP contribution in [0, 0.1) is 0 Å². The lowest BCUT2D eigenvalue weighted by Crippen LogP contribution is -2.29. The summed E-state index contributed by atoms with van der Waals surface area (Å²) in [5, 5.41) is 0. The molecule has 2 aliphatic heterocycles. The molecule has 0 amide bonds. The van der Waals surface area contributed by atoms with Crippen LogP contribution in [0.15, 0.2) is 128 Å². The lowest BCUT2D eigenvalue weighted by molar-refractivity contribution is -0.429. The van der Waals surface area contributed by atoms with Gasteiger partial charge in [0.1, 0.15) is 23.0 Å². The molecule has 1 aromatic heterocycles. The van der Waals surface area contributed by atoms with Gasteiger partial charge in [-0.2, -0.15) is 0 Å². The Morgan fingerprint density at radius 1 is 0.636 bits per heavy atom. The quantitative estimate of drug-likeness (QED) is 0.172. The zero-order valence-electron chi connectivity index (χ0n) is 24.8. The summed E-state index contributed by atoms with van der Waals surface area (Å²) in [6.45, 7) is 2.12. The molecule has 5 aromatic rings. The van der Waals surface area contributed by atoms with Crippen LogP contribution in [0.4, 0.5) is 11.4 Å². The molecule has 0 aliphatic carbocycles. The summed E-state index contributed by atoms with van der Waals surface area (Å²) < 4.78 is 16.5. The normalized spacial score (nSPS) is 14.2. The first-order chi connectivity index (χ1) is 21.7. The molecule has 2 aliphatic rings. The lowest BCUT2D eigenvalue weighted by atomic mass is 10.0. The third-order valence-corrected chi connectivity index (χ3v) is 7.85. The molecular formula is C38H34N4O2+2. The molecule has 44 heavy (non-hydrogen) atoms. The van der Waals surface area contributed by atoms with Crippen molar-refractivity contribution in [2.24, 2.45) is 0 Å². The topological polar surface area (TPSA) is 40.6 Å². The first-order valence-electron chi connectivity index (χ1n) is 15.1. The van der Waals surface area contributed by atoms with Crippen molar-refractivity contribution in [3.8, 4) is 45.4 Å². The molecule has 216 valence electrons. The van der Waals surface area contributed by atoms with E-state index in [-0.39, 0.29) is 0 Å². The Kier molecular flexibility index (Phi) is 7.73. The van der Waals surface area contributed by atoms with Crippen molar-refractivity contribution in [2.75, 3.05) is 25.0 Å². The molecule has 0 radical (unpaired) electrons. The van der Waals surface area contributed by atoms with Gasteiger partial charge in [-0.3, -0.25) is 4.98 Å². The van der Waals surface area contributed by atoms with Crippen molar-refractivity contribution in [2.45, 2.75) is 19.3 Å². The smallest absolute Gasteiger partial charge is 0.457 e. The summed E-state index contributed by atoms with van der Waals surface area (Å²) in [5.74, 6) is 3.16. The van der Waals surface area contributed by atoms with Gasteiger partial charge in [0.25, 0.3) is 6.20 Å². The third-order valence-electron chi connectivity index (χ3n) is 7.85. The third kappa shape index (κ3) is 6.31. The number of hydrogen-bond acceptors (Lipinski definition) is 4. The fraction of sp³-hybridized carbons (Fsp3) is 0.158. The first-order valence-corrected chi connectivity index (χ1v) is 15.1. The highest BCUT2D eigenvalue weighted by atomic mass is 16.5. The predicted molar refractivity (Wildman–Crippen MR) is 174 cm³/mol. The highest BCUT2D eigenvalue weighted by Crippen LogP contribution is 2.35. The molecule has 0 saturated carbocycles. The maximum Gasteiger partial charge on any atom is 0.495 e. The van der Waals surface area contributed by atoms with Crippen molar-refractivity contribution in [3.05, 3.63) is 128 Å². The van der Waals surface area contributed by atoms with Crippen molar-refractivity contribution < 1.29 is 18.6 Å². The number of anilines is 1. The van der Waals surface area contributed by atoms with E-state index in [0.717, 1.165) is 64.2 Å². The second-order valence-electron chi connectivity index (χ2n) is 11.1. The van der Waals surface area contributed by atoms with Gasteiger partial charge in [0.05, 0.1) is 11.8 Å². The number of pyridine rings is 1. The summed E-state index contributed by atoms with van der Waals surface area (Å²) in [6, 6.07) is 40.0. The summed E-state index contributed by atoms with van der Waals surface area (Å²) in [4.78, 5) is 7.16. The fourth-order valence-corrected chi connectivity index (χ4v) is 5.63. The molecule has 1 saturated heterocycles. The number of ether oxygens (including phenoxy) is 2. The van der Waals surface area contributed by atoms with Gasteiger partial charge >= 0.3 is 6.01 Å². The summed E-state index contributed by atoms with van der Waals surface area (Å²) >= 11 is 0. The van der Waals surface area contributed by atoms with Crippen LogP contribution in [0.3, 0.4) is 0 Å². The zero-order chi connectivity index (χ0) is 29.7. The number of benzene rings is 4. The summed E-state index contributed by atoms with van der Waals surface area (Å²) in [7, 11) is 1.98. The van der Waals surface area contributed by atoms with Gasteiger partial charge in [-0.05, 0) is 78.9 Å². The van der Waals surface area contributed by atoms with E-state index in [2.05, 4.69) is 59.4 Å². The van der Waals surface area contributed by atoms with Crippen molar-refractivity contribution in [1.82, 2.24) is 4.98 Å². The number of rotatable bonds is 8. The zero-order valence-corrected chi connectivity index (χ0v) is 24.8. The molecule has 3 heterocycles. The van der Waals surface area contributed by atoms with E-state index in [1.165, 1.54) is 24.9 Å². The summed E-state index contributed by atoms with van der Waals surface area (Å²) in [5.41, 5.74) is 6.18. The maximum absolute atomic E-state index is 6.52. The van der Waals surface area contributed by atoms with Crippen LogP contribution < -0.4 is 14.4 Å². The van der Waals surface area contributed by atoms with Crippen LogP contribution >= 0.6 is 0 Å². The van der Waals surface area contributed by atoms with Gasteiger partial charge in [0.15, 0.2) is 7.05 Å². The van der Waals surface area contributed by atoms with Gasteiger partial charge in [0.2, 0.25) is 11.9 Å². The predicted octanol–water partition coefficient (Wildman–Crippen LogP) is 8.94. The van der Waals surface area contributed by atoms with Crippen LogP contribution in [0.1, 0.15) is 19.3 Å². The molecule has 6 heteroatoms. The number of para-hydroxylation sites is 1. The van der Waals surface area contributed by atoms with Gasteiger partial charge in [-0.25, -0.2) is 0 Å². The van der Waals surface area contributed by atoms with Crippen LogP contribution in [-0.2, 0) is 0 Å². The van der Waals surface area contributed by atoms with Crippen molar-refractivity contribution in [1.29, 1.82) is 0 Å². The van der Waals surface area contributed by atoms with Crippen molar-refractivity contribution >= 4 is 17.4 Å².